The Hall–Kier alpha value is -1.24. The number of benzene rings is 1. The first-order valence-corrected chi connectivity index (χ1v) is 8.68. The molecule has 1 aliphatic heterocycles. The molecule has 5 heteroatoms. The summed E-state index contributed by atoms with van der Waals surface area (Å²) in [7, 11) is 1.82. The molecule has 0 aromatic heterocycles. The van der Waals surface area contributed by atoms with Gasteiger partial charge in [0.1, 0.15) is 0 Å². The third kappa shape index (κ3) is 6.34. The first kappa shape index (κ1) is 20.8. The van der Waals surface area contributed by atoms with Crippen molar-refractivity contribution in [3.63, 3.8) is 0 Å². The van der Waals surface area contributed by atoms with Crippen molar-refractivity contribution in [2.24, 2.45) is 4.99 Å². The van der Waals surface area contributed by atoms with Gasteiger partial charge in [-0.15, -0.1) is 24.0 Å². The molecule has 0 bridgehead atoms. The predicted molar refractivity (Wildman–Crippen MR) is 116 cm³/mol. The van der Waals surface area contributed by atoms with E-state index in [0.29, 0.717) is 0 Å². The zero-order valence-corrected chi connectivity index (χ0v) is 17.4. The van der Waals surface area contributed by atoms with Crippen molar-refractivity contribution >= 4 is 35.6 Å². The summed E-state index contributed by atoms with van der Waals surface area (Å²) < 4.78 is 0. The number of aliphatic imine (C=N–C) groups is 1. The molecule has 134 valence electrons. The van der Waals surface area contributed by atoms with E-state index in [1.165, 1.54) is 37.2 Å². The van der Waals surface area contributed by atoms with Crippen LogP contribution in [-0.2, 0) is 0 Å². The average molecular weight is 442 g/mol. The molecular formula is C19H31IN4. The first-order valence-electron chi connectivity index (χ1n) is 8.68. The largest absolute Gasteiger partial charge is 0.372 e. The van der Waals surface area contributed by atoms with Crippen LogP contribution in [0.2, 0.25) is 0 Å². The smallest absolute Gasteiger partial charge is 0.191 e. The highest BCUT2D eigenvalue weighted by molar-refractivity contribution is 14.0. The highest BCUT2D eigenvalue weighted by Crippen LogP contribution is 2.23. The van der Waals surface area contributed by atoms with E-state index in [9.17, 15) is 0 Å². The highest BCUT2D eigenvalue weighted by Gasteiger charge is 2.14. The minimum absolute atomic E-state index is 0. The SMILES string of the molecule is C/C=C/CCNC(=NC)NC(C)c1cccc(N2CCCC2)c1.I. The quantitative estimate of drug-likeness (QED) is 0.229. The molecule has 1 heterocycles. The summed E-state index contributed by atoms with van der Waals surface area (Å²) in [6.07, 6.45) is 7.85. The van der Waals surface area contributed by atoms with Gasteiger partial charge in [0.05, 0.1) is 6.04 Å². The van der Waals surface area contributed by atoms with Gasteiger partial charge in [0.25, 0.3) is 0 Å². The molecule has 1 aliphatic rings. The van der Waals surface area contributed by atoms with Crippen molar-refractivity contribution in [2.75, 3.05) is 31.6 Å². The van der Waals surface area contributed by atoms with E-state index in [2.05, 4.69) is 63.9 Å². The summed E-state index contributed by atoms with van der Waals surface area (Å²) in [6, 6.07) is 9.08. The zero-order chi connectivity index (χ0) is 16.5. The Morgan fingerprint density at radius 3 is 2.75 bits per heavy atom. The fraction of sp³-hybridized carbons (Fsp3) is 0.526. The maximum Gasteiger partial charge on any atom is 0.191 e. The van der Waals surface area contributed by atoms with Gasteiger partial charge in [0, 0.05) is 32.4 Å². The Kier molecular flexibility index (Phi) is 9.83. The molecule has 0 radical (unpaired) electrons. The van der Waals surface area contributed by atoms with Crippen molar-refractivity contribution in [1.82, 2.24) is 10.6 Å². The number of rotatable bonds is 6. The number of guanidine groups is 1. The van der Waals surface area contributed by atoms with Crippen LogP contribution in [0.25, 0.3) is 0 Å². The number of allylic oxidation sites excluding steroid dienone is 1. The molecule has 1 atom stereocenters. The van der Waals surface area contributed by atoms with Gasteiger partial charge in [0.2, 0.25) is 0 Å². The Bertz CT molecular complexity index is 536. The Morgan fingerprint density at radius 1 is 1.33 bits per heavy atom. The normalized spacial score (nSPS) is 16.1. The standard InChI is InChI=1S/C19H30N4.HI/c1-4-5-6-12-21-19(20-3)22-16(2)17-10-9-11-18(15-17)23-13-7-8-14-23;/h4-5,9-11,15-16H,6-8,12-14H2,1-3H3,(H2,20,21,22);1H/b5-4+;. The average Bonchev–Trinajstić information content (AvgIpc) is 3.12. The van der Waals surface area contributed by atoms with Gasteiger partial charge in [-0.05, 0) is 50.8 Å². The van der Waals surface area contributed by atoms with E-state index >= 15 is 0 Å². The molecule has 2 N–H and O–H groups in total. The molecular weight excluding hydrogens is 411 g/mol. The van der Waals surface area contributed by atoms with Crippen LogP contribution < -0.4 is 15.5 Å². The van der Waals surface area contributed by atoms with Crippen molar-refractivity contribution < 1.29 is 0 Å². The first-order chi connectivity index (χ1) is 11.2. The minimum atomic E-state index is 0. The maximum absolute atomic E-state index is 4.31. The lowest BCUT2D eigenvalue weighted by molar-refractivity contribution is 0.685. The van der Waals surface area contributed by atoms with Gasteiger partial charge in [-0.2, -0.15) is 0 Å². The Labute approximate surface area is 163 Å². The molecule has 1 unspecified atom stereocenters. The Morgan fingerprint density at radius 2 is 2.08 bits per heavy atom. The second-order valence-electron chi connectivity index (χ2n) is 6.01. The van der Waals surface area contributed by atoms with Crippen molar-refractivity contribution in [3.05, 3.63) is 42.0 Å². The maximum atomic E-state index is 4.31. The molecule has 0 spiro atoms. The lowest BCUT2D eigenvalue weighted by atomic mass is 10.1. The van der Waals surface area contributed by atoms with E-state index < -0.39 is 0 Å². The van der Waals surface area contributed by atoms with Crippen LogP contribution >= 0.6 is 24.0 Å². The monoisotopic (exact) mass is 442 g/mol. The number of halogens is 1. The van der Waals surface area contributed by atoms with Crippen molar-refractivity contribution in [1.29, 1.82) is 0 Å². The van der Waals surface area contributed by atoms with Crippen molar-refractivity contribution in [3.8, 4) is 0 Å². The molecule has 0 amide bonds. The lowest BCUT2D eigenvalue weighted by Gasteiger charge is -2.22. The van der Waals surface area contributed by atoms with Crippen LogP contribution in [0.1, 0.15) is 44.7 Å². The van der Waals surface area contributed by atoms with Crippen LogP contribution in [0.5, 0.6) is 0 Å². The van der Waals surface area contributed by atoms with Gasteiger partial charge in [-0.25, -0.2) is 0 Å². The van der Waals surface area contributed by atoms with Crippen LogP contribution in [0.3, 0.4) is 0 Å². The third-order valence-electron chi connectivity index (χ3n) is 4.26. The van der Waals surface area contributed by atoms with E-state index in [0.717, 1.165) is 18.9 Å². The minimum Gasteiger partial charge on any atom is -0.372 e. The van der Waals surface area contributed by atoms with Crippen LogP contribution in [-0.4, -0.2) is 32.6 Å². The van der Waals surface area contributed by atoms with Gasteiger partial charge in [0.15, 0.2) is 5.96 Å². The third-order valence-corrected chi connectivity index (χ3v) is 4.26. The summed E-state index contributed by atoms with van der Waals surface area (Å²) in [6.45, 7) is 7.48. The van der Waals surface area contributed by atoms with Gasteiger partial charge < -0.3 is 15.5 Å². The van der Waals surface area contributed by atoms with Crippen LogP contribution in [0.15, 0.2) is 41.4 Å². The highest BCUT2D eigenvalue weighted by atomic mass is 127. The lowest BCUT2D eigenvalue weighted by Crippen LogP contribution is -2.39. The number of nitrogens with one attached hydrogen (secondary N) is 2. The molecule has 0 aliphatic carbocycles. The molecule has 1 aromatic carbocycles. The molecule has 1 aromatic rings. The zero-order valence-electron chi connectivity index (χ0n) is 15.1. The molecule has 1 fully saturated rings. The summed E-state index contributed by atoms with van der Waals surface area (Å²) in [5, 5.41) is 6.83. The summed E-state index contributed by atoms with van der Waals surface area (Å²) in [4.78, 5) is 6.78. The molecule has 4 nitrogen and oxygen atoms in total. The molecule has 2 rings (SSSR count). The van der Waals surface area contributed by atoms with E-state index in [1.54, 1.807) is 0 Å². The fourth-order valence-electron chi connectivity index (χ4n) is 2.89. The molecule has 24 heavy (non-hydrogen) atoms. The summed E-state index contributed by atoms with van der Waals surface area (Å²) in [5.41, 5.74) is 2.63. The van der Waals surface area contributed by atoms with Crippen LogP contribution in [0, 0.1) is 0 Å². The van der Waals surface area contributed by atoms with E-state index in [4.69, 9.17) is 0 Å². The van der Waals surface area contributed by atoms with Crippen molar-refractivity contribution in [2.45, 2.75) is 39.2 Å². The van der Waals surface area contributed by atoms with Gasteiger partial charge in [-0.3, -0.25) is 4.99 Å². The molecule has 0 saturated carbocycles. The fourth-order valence-corrected chi connectivity index (χ4v) is 2.89. The predicted octanol–water partition coefficient (Wildman–Crippen LogP) is 4.10. The van der Waals surface area contributed by atoms with E-state index in [-0.39, 0.29) is 30.0 Å². The number of hydrogen-bond donors (Lipinski definition) is 2. The molecule has 1 saturated heterocycles. The second-order valence-corrected chi connectivity index (χ2v) is 6.01. The second kappa shape index (κ2) is 11.3. The van der Waals surface area contributed by atoms with Gasteiger partial charge >= 0.3 is 0 Å². The van der Waals surface area contributed by atoms with Gasteiger partial charge in [-0.1, -0.05) is 24.3 Å². The number of hydrogen-bond acceptors (Lipinski definition) is 2. The summed E-state index contributed by atoms with van der Waals surface area (Å²) >= 11 is 0. The number of nitrogens with zero attached hydrogens (tertiary/aromatic N) is 2. The topological polar surface area (TPSA) is 39.7 Å². The van der Waals surface area contributed by atoms with Crippen LogP contribution in [0.4, 0.5) is 5.69 Å². The Balaban J connectivity index is 0.00000288. The summed E-state index contributed by atoms with van der Waals surface area (Å²) in [5.74, 6) is 0.855. The van der Waals surface area contributed by atoms with E-state index in [1.807, 2.05) is 14.0 Å². The number of anilines is 1.